The van der Waals surface area contributed by atoms with Gasteiger partial charge < -0.3 is 14.3 Å². The van der Waals surface area contributed by atoms with Crippen molar-refractivity contribution in [1.29, 1.82) is 0 Å². The first-order valence-corrected chi connectivity index (χ1v) is 10.1. The Morgan fingerprint density at radius 3 is 2.53 bits per heavy atom. The highest BCUT2D eigenvalue weighted by atomic mass is 16.4. The van der Waals surface area contributed by atoms with Gasteiger partial charge in [-0.3, -0.25) is 14.6 Å². The van der Waals surface area contributed by atoms with E-state index < -0.39 is 5.76 Å². The van der Waals surface area contributed by atoms with E-state index in [2.05, 4.69) is 34.2 Å². The van der Waals surface area contributed by atoms with Gasteiger partial charge in [0, 0.05) is 30.6 Å². The van der Waals surface area contributed by atoms with Crippen molar-refractivity contribution in [2.24, 2.45) is 5.92 Å². The van der Waals surface area contributed by atoms with E-state index in [1.807, 2.05) is 6.07 Å². The number of likely N-dealkylation sites (tertiary alicyclic amines) is 1. The molecule has 2 aromatic heterocycles. The number of amides is 1. The van der Waals surface area contributed by atoms with Crippen LogP contribution in [-0.4, -0.2) is 33.9 Å². The third-order valence-corrected chi connectivity index (χ3v) is 5.87. The molecule has 152 valence electrons. The molecule has 0 unspecified atom stereocenters. The van der Waals surface area contributed by atoms with Gasteiger partial charge in [-0.25, -0.2) is 4.79 Å². The van der Waals surface area contributed by atoms with Crippen LogP contribution in [0.4, 0.5) is 0 Å². The number of pyridine rings is 1. The molecule has 5 rings (SSSR count). The van der Waals surface area contributed by atoms with Crippen LogP contribution in [0.3, 0.4) is 0 Å². The zero-order chi connectivity index (χ0) is 20.7. The van der Waals surface area contributed by atoms with E-state index >= 15 is 0 Å². The van der Waals surface area contributed by atoms with E-state index in [4.69, 9.17) is 4.42 Å². The number of hydrogen-bond donors (Lipinski definition) is 2. The van der Waals surface area contributed by atoms with E-state index in [0.717, 1.165) is 19.3 Å². The van der Waals surface area contributed by atoms with Gasteiger partial charge in [0.15, 0.2) is 11.0 Å². The summed E-state index contributed by atoms with van der Waals surface area (Å²) in [6.07, 6.45) is 2.90. The zero-order valence-corrected chi connectivity index (χ0v) is 16.3. The van der Waals surface area contributed by atoms with Gasteiger partial charge in [0.2, 0.25) is 0 Å². The Bertz CT molecular complexity index is 1340. The summed E-state index contributed by atoms with van der Waals surface area (Å²) < 4.78 is 5.06. The van der Waals surface area contributed by atoms with Crippen LogP contribution >= 0.6 is 0 Å². The molecule has 0 bridgehead atoms. The van der Waals surface area contributed by atoms with E-state index in [-0.39, 0.29) is 17.0 Å². The monoisotopic (exact) mass is 403 g/mol. The molecule has 30 heavy (non-hydrogen) atoms. The van der Waals surface area contributed by atoms with Crippen molar-refractivity contribution in [1.82, 2.24) is 14.9 Å². The number of nitrogens with zero attached hydrogens (tertiary/aromatic N) is 1. The molecule has 2 N–H and O–H groups in total. The van der Waals surface area contributed by atoms with Crippen molar-refractivity contribution in [3.8, 4) is 0 Å². The quantitative estimate of drug-likeness (QED) is 0.549. The van der Waals surface area contributed by atoms with Crippen molar-refractivity contribution >= 4 is 27.9 Å². The first-order valence-electron chi connectivity index (χ1n) is 10.1. The van der Waals surface area contributed by atoms with Crippen molar-refractivity contribution in [3.05, 3.63) is 80.6 Å². The lowest BCUT2D eigenvalue weighted by Crippen LogP contribution is -2.39. The molecule has 0 radical (unpaired) electrons. The van der Waals surface area contributed by atoms with Crippen LogP contribution in [0, 0.1) is 5.92 Å². The summed E-state index contributed by atoms with van der Waals surface area (Å²) in [7, 11) is 0. The minimum Gasteiger partial charge on any atom is -0.408 e. The molecule has 1 fully saturated rings. The fourth-order valence-electron chi connectivity index (χ4n) is 4.27. The Morgan fingerprint density at radius 1 is 1.00 bits per heavy atom. The Kier molecular flexibility index (Phi) is 4.50. The van der Waals surface area contributed by atoms with Crippen LogP contribution in [0.5, 0.6) is 0 Å². The molecule has 0 aliphatic carbocycles. The van der Waals surface area contributed by atoms with Crippen LogP contribution in [0.1, 0.15) is 28.9 Å². The van der Waals surface area contributed by atoms with Crippen molar-refractivity contribution in [2.45, 2.75) is 19.3 Å². The fourth-order valence-corrected chi connectivity index (χ4v) is 4.27. The Hall–Kier alpha value is -3.61. The number of hydrogen-bond acceptors (Lipinski definition) is 4. The first kappa shape index (κ1) is 18.4. The maximum absolute atomic E-state index is 13.0. The second kappa shape index (κ2) is 7.33. The lowest BCUT2D eigenvalue weighted by atomic mass is 9.90. The predicted octanol–water partition coefficient (Wildman–Crippen LogP) is 3.06. The number of piperidine rings is 1. The van der Waals surface area contributed by atoms with Gasteiger partial charge in [-0.05, 0) is 36.8 Å². The van der Waals surface area contributed by atoms with Crippen LogP contribution < -0.4 is 11.2 Å². The second-order valence-electron chi connectivity index (χ2n) is 7.88. The molecule has 4 aromatic rings. The largest absolute Gasteiger partial charge is 0.417 e. The molecular formula is C23H21N3O4. The summed E-state index contributed by atoms with van der Waals surface area (Å²) in [6, 6.07) is 14.9. The van der Waals surface area contributed by atoms with Crippen molar-refractivity contribution in [2.75, 3.05) is 13.1 Å². The van der Waals surface area contributed by atoms with Crippen molar-refractivity contribution < 1.29 is 9.21 Å². The minimum atomic E-state index is -0.581. The van der Waals surface area contributed by atoms with Crippen LogP contribution in [0.2, 0.25) is 0 Å². The SMILES string of the molecule is O=C(c1cc(=O)c2cc3[nH]c(=O)oc3cc2[nH]1)N1CCC(Cc2ccccc2)CC1. The highest BCUT2D eigenvalue weighted by Crippen LogP contribution is 2.23. The number of aromatic amines is 2. The van der Waals surface area contributed by atoms with E-state index in [1.54, 1.807) is 17.0 Å². The van der Waals surface area contributed by atoms with Gasteiger partial charge in [-0.2, -0.15) is 0 Å². The molecule has 0 spiro atoms. The summed E-state index contributed by atoms with van der Waals surface area (Å²) >= 11 is 0. The topological polar surface area (TPSA) is 99.2 Å². The number of fused-ring (bicyclic) bond motifs is 2. The fraction of sp³-hybridized carbons (Fsp3) is 0.261. The van der Waals surface area contributed by atoms with Crippen LogP contribution in [0.25, 0.3) is 22.0 Å². The van der Waals surface area contributed by atoms with E-state index in [1.165, 1.54) is 11.6 Å². The molecule has 7 heteroatoms. The minimum absolute atomic E-state index is 0.178. The number of rotatable bonds is 3. The number of H-pyrrole nitrogens is 2. The Labute approximate surface area is 171 Å². The Balaban J connectivity index is 1.35. The maximum atomic E-state index is 13.0. The van der Waals surface area contributed by atoms with Crippen molar-refractivity contribution in [3.63, 3.8) is 0 Å². The van der Waals surface area contributed by atoms with Gasteiger partial charge in [0.25, 0.3) is 5.91 Å². The van der Waals surface area contributed by atoms with Crippen LogP contribution in [0.15, 0.2) is 62.5 Å². The standard InChI is InChI=1S/C23H21N3O4/c27-20-12-19(24-17-13-21-18(11-16(17)20)25-23(29)30-21)22(28)26-8-6-15(7-9-26)10-14-4-2-1-3-5-14/h1-5,11-13,15H,6-10H2,(H,24,27)(H,25,29). The highest BCUT2D eigenvalue weighted by Gasteiger charge is 2.25. The number of benzene rings is 2. The molecule has 7 nitrogen and oxygen atoms in total. The lowest BCUT2D eigenvalue weighted by Gasteiger charge is -2.32. The molecular weight excluding hydrogens is 382 g/mol. The molecule has 1 saturated heterocycles. The normalized spacial score (nSPS) is 15.1. The summed E-state index contributed by atoms with van der Waals surface area (Å²) in [5, 5.41) is 0.401. The molecule has 0 saturated carbocycles. The molecule has 3 heterocycles. The van der Waals surface area contributed by atoms with Crippen LogP contribution in [-0.2, 0) is 6.42 Å². The molecule has 1 amide bonds. The summed E-state index contributed by atoms with van der Waals surface area (Å²) in [6.45, 7) is 1.34. The van der Waals surface area contributed by atoms with E-state index in [9.17, 15) is 14.4 Å². The Morgan fingerprint density at radius 2 is 1.77 bits per heavy atom. The lowest BCUT2D eigenvalue weighted by molar-refractivity contribution is 0.0685. The highest BCUT2D eigenvalue weighted by molar-refractivity contribution is 5.97. The molecule has 1 aliphatic rings. The third-order valence-electron chi connectivity index (χ3n) is 5.87. The average Bonchev–Trinajstić information content (AvgIpc) is 3.12. The average molecular weight is 403 g/mol. The second-order valence-corrected chi connectivity index (χ2v) is 7.88. The zero-order valence-electron chi connectivity index (χ0n) is 16.3. The molecule has 1 aliphatic heterocycles. The van der Waals surface area contributed by atoms with Gasteiger partial charge in [0.1, 0.15) is 5.69 Å². The number of carbonyl (C=O) groups excluding carboxylic acids is 1. The maximum Gasteiger partial charge on any atom is 0.417 e. The summed E-state index contributed by atoms with van der Waals surface area (Å²) in [5.74, 6) is -0.206. The number of oxazole rings is 1. The van der Waals surface area contributed by atoms with Gasteiger partial charge in [-0.1, -0.05) is 30.3 Å². The first-order chi connectivity index (χ1) is 14.6. The molecule has 0 atom stereocenters. The third kappa shape index (κ3) is 3.43. The smallest absolute Gasteiger partial charge is 0.408 e. The van der Waals surface area contributed by atoms with Gasteiger partial charge in [-0.15, -0.1) is 0 Å². The van der Waals surface area contributed by atoms with E-state index in [0.29, 0.717) is 41.0 Å². The summed E-state index contributed by atoms with van der Waals surface area (Å²) in [5.41, 5.74) is 2.58. The van der Waals surface area contributed by atoms with Gasteiger partial charge in [0.05, 0.1) is 11.0 Å². The number of aromatic nitrogens is 2. The number of carbonyl (C=O) groups is 1. The molecule has 2 aromatic carbocycles. The predicted molar refractivity (Wildman–Crippen MR) is 114 cm³/mol. The number of nitrogens with one attached hydrogen (secondary N) is 2. The summed E-state index contributed by atoms with van der Waals surface area (Å²) in [4.78, 5) is 44.4. The van der Waals surface area contributed by atoms with Gasteiger partial charge >= 0.3 is 5.76 Å².